The maximum absolute atomic E-state index is 12.6. The maximum atomic E-state index is 12.6. The molecular weight excluding hydrogens is 426 g/mol. The highest BCUT2D eigenvalue weighted by Crippen LogP contribution is 2.43. The van der Waals surface area contributed by atoms with Gasteiger partial charge in [-0.05, 0) is 55.1 Å². The summed E-state index contributed by atoms with van der Waals surface area (Å²) in [4.78, 5) is 21.6. The first-order valence-corrected chi connectivity index (χ1v) is 12.0. The Morgan fingerprint density at radius 1 is 1.13 bits per heavy atom. The molecule has 2 aromatic carbocycles. The van der Waals surface area contributed by atoms with E-state index >= 15 is 0 Å². The Balaban J connectivity index is 1.42. The van der Waals surface area contributed by atoms with Crippen LogP contribution in [0.4, 0.5) is 10.8 Å². The molecule has 0 saturated carbocycles. The number of thiazole rings is 1. The number of nitrogens with zero attached hydrogens (tertiary/aromatic N) is 2. The molecule has 0 spiro atoms. The zero-order valence-electron chi connectivity index (χ0n) is 17.3. The van der Waals surface area contributed by atoms with Gasteiger partial charge in [0, 0.05) is 21.5 Å². The van der Waals surface area contributed by atoms with E-state index in [4.69, 9.17) is 9.72 Å². The minimum atomic E-state index is -0.271. The monoisotopic (exact) mass is 447 g/mol. The maximum Gasteiger partial charge on any atom is 0.263 e. The third-order valence-electron chi connectivity index (χ3n) is 5.72. The van der Waals surface area contributed by atoms with Crippen LogP contribution in [0.2, 0.25) is 0 Å². The van der Waals surface area contributed by atoms with Crippen molar-refractivity contribution in [1.29, 1.82) is 0 Å². The molecule has 2 aromatic heterocycles. The topological polar surface area (TPSA) is 54.5 Å². The van der Waals surface area contributed by atoms with E-state index in [-0.39, 0.29) is 11.4 Å². The number of amides is 1. The summed E-state index contributed by atoms with van der Waals surface area (Å²) in [5.74, 6) is 0.830. The first-order chi connectivity index (χ1) is 15.0. The predicted octanol–water partition coefficient (Wildman–Crippen LogP) is 5.62. The van der Waals surface area contributed by atoms with Gasteiger partial charge in [-0.15, -0.1) is 11.3 Å². The molecule has 1 N–H and O–H groups in total. The van der Waals surface area contributed by atoms with Crippen LogP contribution >= 0.6 is 22.7 Å². The van der Waals surface area contributed by atoms with Crippen molar-refractivity contribution >= 4 is 49.5 Å². The summed E-state index contributed by atoms with van der Waals surface area (Å²) < 4.78 is 7.22. The highest BCUT2D eigenvalue weighted by atomic mass is 32.1. The van der Waals surface area contributed by atoms with Gasteiger partial charge in [0.2, 0.25) is 0 Å². The number of carbonyl (C=O) groups is 1. The fourth-order valence-electron chi connectivity index (χ4n) is 4.27. The second-order valence-electron chi connectivity index (χ2n) is 8.62. The first-order valence-electron chi connectivity index (χ1n) is 10.3. The smallest absolute Gasteiger partial charge is 0.263 e. The average Bonchev–Trinajstić information content (AvgIpc) is 3.36. The zero-order chi connectivity index (χ0) is 21.2. The van der Waals surface area contributed by atoms with Crippen LogP contribution in [-0.2, 0) is 6.42 Å². The van der Waals surface area contributed by atoms with Gasteiger partial charge in [0.1, 0.15) is 17.2 Å². The van der Waals surface area contributed by atoms with Crippen molar-refractivity contribution < 1.29 is 9.53 Å². The molecule has 0 aliphatic carbocycles. The Hall–Kier alpha value is -2.90. The Bertz CT molecular complexity index is 1300. The summed E-state index contributed by atoms with van der Waals surface area (Å²) >= 11 is 3.26. The van der Waals surface area contributed by atoms with Crippen LogP contribution in [0.5, 0.6) is 5.75 Å². The van der Waals surface area contributed by atoms with Crippen LogP contribution in [0.1, 0.15) is 29.2 Å². The van der Waals surface area contributed by atoms with Crippen LogP contribution < -0.4 is 15.0 Å². The molecule has 0 atom stereocenters. The molecular formula is C24H21N3O2S2. The molecule has 156 valence electrons. The van der Waals surface area contributed by atoms with E-state index in [0.717, 1.165) is 39.1 Å². The summed E-state index contributed by atoms with van der Waals surface area (Å²) in [6, 6.07) is 17.0. The third-order valence-corrected chi connectivity index (χ3v) is 8.00. The molecule has 0 bridgehead atoms. The minimum Gasteiger partial charge on any atom is -0.490 e. The molecule has 4 aromatic rings. The fraction of sp³-hybridized carbons (Fsp3) is 0.250. The molecule has 0 unspecified atom stereocenters. The molecule has 2 aliphatic rings. The van der Waals surface area contributed by atoms with Gasteiger partial charge < -0.3 is 15.0 Å². The Labute approximate surface area is 188 Å². The van der Waals surface area contributed by atoms with E-state index in [0.29, 0.717) is 13.2 Å². The molecule has 2 aliphatic heterocycles. The van der Waals surface area contributed by atoms with Gasteiger partial charge in [-0.25, -0.2) is 4.98 Å². The van der Waals surface area contributed by atoms with Crippen LogP contribution in [0.25, 0.3) is 20.5 Å². The van der Waals surface area contributed by atoms with E-state index < -0.39 is 0 Å². The lowest BCUT2D eigenvalue weighted by atomic mass is 9.94. The van der Waals surface area contributed by atoms with Gasteiger partial charge in [-0.2, -0.15) is 0 Å². The number of hydrogen-bond acceptors (Lipinski definition) is 6. The van der Waals surface area contributed by atoms with Crippen molar-refractivity contribution in [3.05, 3.63) is 59.1 Å². The molecule has 5 nitrogen and oxygen atoms in total. The normalized spacial score (nSPS) is 17.1. The lowest BCUT2D eigenvalue weighted by molar-refractivity contribution is 0.0901. The van der Waals surface area contributed by atoms with E-state index in [1.807, 2.05) is 19.9 Å². The Morgan fingerprint density at radius 3 is 2.87 bits per heavy atom. The quantitative estimate of drug-likeness (QED) is 0.433. The largest absolute Gasteiger partial charge is 0.490 e. The van der Waals surface area contributed by atoms with Crippen LogP contribution in [0.15, 0.2) is 48.5 Å². The summed E-state index contributed by atoms with van der Waals surface area (Å²) in [6.07, 6.45) is 0.740. The number of hydrogen-bond donors (Lipinski definition) is 1. The molecule has 31 heavy (non-hydrogen) atoms. The number of carbonyl (C=O) groups excluding carboxylic acids is 1. The van der Waals surface area contributed by atoms with Crippen molar-refractivity contribution in [1.82, 2.24) is 10.3 Å². The number of nitrogens with one attached hydrogen (secondary N) is 1. The second kappa shape index (κ2) is 6.80. The summed E-state index contributed by atoms with van der Waals surface area (Å²) in [5, 5.41) is 5.20. The Kier molecular flexibility index (Phi) is 4.13. The minimum absolute atomic E-state index is 0.0255. The summed E-state index contributed by atoms with van der Waals surface area (Å²) in [6.45, 7) is 5.37. The van der Waals surface area contributed by atoms with E-state index in [1.165, 1.54) is 26.3 Å². The molecule has 4 heterocycles. The van der Waals surface area contributed by atoms with Crippen molar-refractivity contribution in [2.24, 2.45) is 0 Å². The predicted molar refractivity (Wildman–Crippen MR) is 127 cm³/mol. The molecule has 6 rings (SSSR count). The summed E-state index contributed by atoms with van der Waals surface area (Å²) in [5.41, 5.74) is 2.79. The standard InChI is InChI=1S/C24H21N3O2S2/c1-24(2)13-16-21(22(28)26-24)31-23(25-16)27-9-10-29-18-8-7-15(11-17(18)27)20-12-14-5-3-4-6-19(14)30-20/h3-8,11-12H,9-10,13H2,1-2H3,(H,26,28). The molecule has 0 saturated heterocycles. The fourth-order valence-corrected chi connectivity index (χ4v) is 6.35. The number of rotatable bonds is 2. The van der Waals surface area contributed by atoms with Gasteiger partial charge in [0.05, 0.1) is 17.9 Å². The molecule has 1 amide bonds. The second-order valence-corrected chi connectivity index (χ2v) is 10.7. The van der Waals surface area contributed by atoms with Gasteiger partial charge >= 0.3 is 0 Å². The summed E-state index contributed by atoms with van der Waals surface area (Å²) in [7, 11) is 0. The molecule has 0 radical (unpaired) electrons. The average molecular weight is 448 g/mol. The first kappa shape index (κ1) is 18.8. The van der Waals surface area contributed by atoms with Crippen LogP contribution in [0.3, 0.4) is 0 Å². The number of aromatic nitrogens is 1. The van der Waals surface area contributed by atoms with Crippen molar-refractivity contribution in [3.8, 4) is 16.2 Å². The van der Waals surface area contributed by atoms with Crippen molar-refractivity contribution in [2.75, 3.05) is 18.1 Å². The van der Waals surface area contributed by atoms with Crippen LogP contribution in [0, 0.1) is 0 Å². The van der Waals surface area contributed by atoms with Crippen LogP contribution in [-0.4, -0.2) is 29.6 Å². The molecule has 0 fully saturated rings. The van der Waals surface area contributed by atoms with Gasteiger partial charge in [-0.1, -0.05) is 29.5 Å². The number of anilines is 2. The lowest BCUT2D eigenvalue weighted by Crippen LogP contribution is -2.48. The SMILES string of the molecule is CC1(C)Cc2nc(N3CCOc4ccc(-c5cc6ccccc6s5)cc43)sc2C(=O)N1. The van der Waals surface area contributed by atoms with Crippen molar-refractivity contribution in [2.45, 2.75) is 25.8 Å². The van der Waals surface area contributed by atoms with E-state index in [9.17, 15) is 4.79 Å². The van der Waals surface area contributed by atoms with Crippen molar-refractivity contribution in [3.63, 3.8) is 0 Å². The highest BCUT2D eigenvalue weighted by molar-refractivity contribution is 7.22. The number of benzene rings is 2. The lowest BCUT2D eigenvalue weighted by Gasteiger charge is -2.29. The zero-order valence-corrected chi connectivity index (χ0v) is 18.9. The highest BCUT2D eigenvalue weighted by Gasteiger charge is 2.34. The van der Waals surface area contributed by atoms with E-state index in [1.54, 1.807) is 11.3 Å². The number of ether oxygens (including phenoxy) is 1. The van der Waals surface area contributed by atoms with Gasteiger partial charge in [-0.3, -0.25) is 4.79 Å². The number of fused-ring (bicyclic) bond motifs is 3. The molecule has 7 heteroatoms. The Morgan fingerprint density at radius 2 is 2.00 bits per heavy atom. The van der Waals surface area contributed by atoms with Gasteiger partial charge in [0.25, 0.3) is 5.91 Å². The third kappa shape index (κ3) is 3.20. The number of thiophene rings is 1. The van der Waals surface area contributed by atoms with E-state index in [2.05, 4.69) is 52.7 Å². The van der Waals surface area contributed by atoms with Gasteiger partial charge in [0.15, 0.2) is 5.13 Å².